The molecule has 0 radical (unpaired) electrons. The second-order valence-electron chi connectivity index (χ2n) is 6.35. The summed E-state index contributed by atoms with van der Waals surface area (Å²) >= 11 is 0. The molecule has 4 heteroatoms. The minimum absolute atomic E-state index is 0.125. The van der Waals surface area contributed by atoms with Gasteiger partial charge in [0.2, 0.25) is 5.91 Å². The van der Waals surface area contributed by atoms with E-state index in [-0.39, 0.29) is 17.2 Å². The first-order valence-corrected chi connectivity index (χ1v) is 7.75. The highest BCUT2D eigenvalue weighted by atomic mass is 16.2. The van der Waals surface area contributed by atoms with E-state index in [0.29, 0.717) is 0 Å². The summed E-state index contributed by atoms with van der Waals surface area (Å²) in [6, 6.07) is 14.3. The van der Waals surface area contributed by atoms with Gasteiger partial charge >= 0.3 is 0 Å². The largest absolute Gasteiger partial charge is 0.325 e. The van der Waals surface area contributed by atoms with Crippen LogP contribution in [-0.2, 0) is 10.2 Å². The number of benzene rings is 2. The zero-order valence-corrected chi connectivity index (χ0v) is 12.5. The van der Waals surface area contributed by atoms with Crippen LogP contribution in [0.5, 0.6) is 0 Å². The van der Waals surface area contributed by atoms with Gasteiger partial charge in [-0.05, 0) is 35.8 Å². The second kappa shape index (κ2) is 4.10. The Labute approximate surface area is 133 Å². The van der Waals surface area contributed by atoms with Crippen LogP contribution in [-0.4, -0.2) is 16.1 Å². The molecule has 2 aromatic carbocycles. The summed E-state index contributed by atoms with van der Waals surface area (Å²) in [6.45, 7) is 3.78. The third-order valence-electron chi connectivity index (χ3n) is 5.23. The fraction of sp³-hybridized carbons (Fsp3) is 0.158. The molecule has 1 spiro atoms. The summed E-state index contributed by atoms with van der Waals surface area (Å²) < 4.78 is 0. The summed E-state index contributed by atoms with van der Waals surface area (Å²) in [7, 11) is 0. The minimum atomic E-state index is -0.383. The average molecular weight is 301 g/mol. The number of aromatic nitrogens is 2. The zero-order chi connectivity index (χ0) is 15.6. The molecule has 112 valence electrons. The van der Waals surface area contributed by atoms with E-state index in [4.69, 9.17) is 0 Å². The number of aromatic amines is 1. The van der Waals surface area contributed by atoms with E-state index in [1.54, 1.807) is 6.08 Å². The number of rotatable bonds is 2. The van der Waals surface area contributed by atoms with Crippen LogP contribution in [0.2, 0.25) is 0 Å². The van der Waals surface area contributed by atoms with Crippen LogP contribution >= 0.6 is 0 Å². The number of fused-ring (bicyclic) bond motifs is 3. The van der Waals surface area contributed by atoms with Crippen molar-refractivity contribution in [2.45, 2.75) is 17.8 Å². The molecule has 1 saturated carbocycles. The van der Waals surface area contributed by atoms with Gasteiger partial charge in [-0.15, -0.1) is 0 Å². The fourth-order valence-electron chi connectivity index (χ4n) is 3.98. The Morgan fingerprint density at radius 2 is 2.13 bits per heavy atom. The van der Waals surface area contributed by atoms with E-state index in [9.17, 15) is 4.79 Å². The smallest absolute Gasteiger partial charge is 0.235 e. The maximum absolute atomic E-state index is 12.6. The third kappa shape index (κ3) is 1.50. The number of nitrogens with one attached hydrogen (secondary N) is 2. The van der Waals surface area contributed by atoms with Crippen molar-refractivity contribution in [1.29, 1.82) is 0 Å². The lowest BCUT2D eigenvalue weighted by molar-refractivity contribution is -0.118. The second-order valence-corrected chi connectivity index (χ2v) is 6.35. The van der Waals surface area contributed by atoms with E-state index < -0.39 is 0 Å². The first kappa shape index (κ1) is 12.6. The van der Waals surface area contributed by atoms with Crippen molar-refractivity contribution in [3.8, 4) is 0 Å². The number of H-pyrrole nitrogens is 1. The average Bonchev–Trinajstić information content (AvgIpc) is 3.10. The Morgan fingerprint density at radius 3 is 3.00 bits per heavy atom. The number of carbonyl (C=O) groups excluding carboxylic acids is 1. The predicted molar refractivity (Wildman–Crippen MR) is 90.3 cm³/mol. The Bertz CT molecular complexity index is 987. The molecule has 2 aliphatic rings. The number of para-hydroxylation sites is 1. The molecule has 3 aromatic rings. The predicted octanol–water partition coefficient (Wildman–Crippen LogP) is 3.58. The lowest BCUT2D eigenvalue weighted by atomic mass is 9.92. The summed E-state index contributed by atoms with van der Waals surface area (Å²) in [4.78, 5) is 12.6. The Morgan fingerprint density at radius 1 is 1.26 bits per heavy atom. The van der Waals surface area contributed by atoms with Gasteiger partial charge in [0.15, 0.2) is 0 Å². The van der Waals surface area contributed by atoms with Crippen molar-refractivity contribution in [2.24, 2.45) is 0 Å². The molecular weight excluding hydrogens is 286 g/mol. The standard InChI is InChI=1S/C19H15N3O/c1-2-15-12-8-7-11(9-17(12)22-21-15)14-10-19(14)13-5-3-4-6-16(13)20-18(19)23/h2-9,14H,1,10H2,(H,20,23)(H,21,22). The van der Waals surface area contributed by atoms with E-state index >= 15 is 0 Å². The Hall–Kier alpha value is -2.88. The van der Waals surface area contributed by atoms with Crippen LogP contribution in [0.25, 0.3) is 17.0 Å². The van der Waals surface area contributed by atoms with Crippen molar-refractivity contribution in [2.75, 3.05) is 5.32 Å². The number of carbonyl (C=O) groups is 1. The van der Waals surface area contributed by atoms with Crippen molar-refractivity contribution >= 4 is 28.6 Å². The topological polar surface area (TPSA) is 57.8 Å². The van der Waals surface area contributed by atoms with Gasteiger partial charge in [-0.3, -0.25) is 9.89 Å². The summed E-state index contributed by atoms with van der Waals surface area (Å²) in [5.41, 5.74) is 4.74. The highest BCUT2D eigenvalue weighted by Crippen LogP contribution is 2.64. The van der Waals surface area contributed by atoms with Crippen LogP contribution in [0, 0.1) is 0 Å². The molecule has 1 amide bonds. The molecule has 2 atom stereocenters. The fourth-order valence-corrected chi connectivity index (χ4v) is 3.98. The summed E-state index contributed by atoms with van der Waals surface area (Å²) in [5.74, 6) is 0.353. The van der Waals surface area contributed by atoms with Gasteiger partial charge < -0.3 is 5.32 Å². The molecule has 4 nitrogen and oxygen atoms in total. The summed E-state index contributed by atoms with van der Waals surface area (Å²) in [6.07, 6.45) is 2.61. The van der Waals surface area contributed by atoms with Gasteiger partial charge in [0.05, 0.1) is 16.6 Å². The Kier molecular flexibility index (Phi) is 2.25. The van der Waals surface area contributed by atoms with Crippen molar-refractivity contribution in [1.82, 2.24) is 10.2 Å². The molecule has 1 aromatic heterocycles. The van der Waals surface area contributed by atoms with Crippen molar-refractivity contribution in [3.63, 3.8) is 0 Å². The van der Waals surface area contributed by atoms with Crippen LogP contribution < -0.4 is 5.32 Å². The number of amides is 1. The van der Waals surface area contributed by atoms with E-state index in [2.05, 4.69) is 46.4 Å². The highest BCUT2D eigenvalue weighted by Gasteiger charge is 2.65. The lowest BCUT2D eigenvalue weighted by Gasteiger charge is -2.08. The maximum Gasteiger partial charge on any atom is 0.235 e. The molecule has 2 heterocycles. The van der Waals surface area contributed by atoms with Gasteiger partial charge in [0.1, 0.15) is 0 Å². The van der Waals surface area contributed by atoms with E-state index in [1.807, 2.05) is 18.2 Å². The molecule has 1 aliphatic heterocycles. The van der Waals surface area contributed by atoms with Gasteiger partial charge in [-0.25, -0.2) is 0 Å². The molecule has 2 N–H and O–H groups in total. The molecule has 5 rings (SSSR count). The van der Waals surface area contributed by atoms with E-state index in [0.717, 1.165) is 34.3 Å². The quantitative estimate of drug-likeness (QED) is 0.760. The van der Waals surface area contributed by atoms with Crippen LogP contribution in [0.3, 0.4) is 0 Å². The molecule has 0 saturated heterocycles. The monoisotopic (exact) mass is 301 g/mol. The molecule has 0 bridgehead atoms. The lowest BCUT2D eigenvalue weighted by Crippen LogP contribution is -2.20. The number of nitrogens with zero attached hydrogens (tertiary/aromatic N) is 1. The first-order chi connectivity index (χ1) is 11.2. The zero-order valence-electron chi connectivity index (χ0n) is 12.5. The number of hydrogen-bond acceptors (Lipinski definition) is 2. The first-order valence-electron chi connectivity index (χ1n) is 7.75. The maximum atomic E-state index is 12.6. The number of anilines is 1. The van der Waals surface area contributed by atoms with Gasteiger partial charge in [0.25, 0.3) is 0 Å². The molecule has 1 aliphatic carbocycles. The van der Waals surface area contributed by atoms with Gasteiger partial charge in [-0.2, -0.15) is 5.10 Å². The molecule has 23 heavy (non-hydrogen) atoms. The summed E-state index contributed by atoms with van der Waals surface area (Å²) in [5, 5.41) is 11.4. The van der Waals surface area contributed by atoms with Crippen LogP contribution in [0.15, 0.2) is 49.0 Å². The number of hydrogen-bond donors (Lipinski definition) is 2. The van der Waals surface area contributed by atoms with Crippen molar-refractivity contribution < 1.29 is 4.79 Å². The van der Waals surface area contributed by atoms with Gasteiger partial charge in [0, 0.05) is 17.0 Å². The molecular formula is C19H15N3O. The van der Waals surface area contributed by atoms with Crippen molar-refractivity contribution in [3.05, 3.63) is 65.9 Å². The molecule has 1 fully saturated rings. The highest BCUT2D eigenvalue weighted by molar-refractivity contribution is 6.09. The van der Waals surface area contributed by atoms with E-state index in [1.165, 1.54) is 5.56 Å². The van der Waals surface area contributed by atoms with Crippen LogP contribution in [0.4, 0.5) is 5.69 Å². The molecule has 2 unspecified atom stereocenters. The normalized spacial score (nSPS) is 24.7. The third-order valence-corrected chi connectivity index (χ3v) is 5.23. The Balaban J connectivity index is 1.60. The minimum Gasteiger partial charge on any atom is -0.325 e. The SMILES string of the molecule is C=Cc1n[nH]c2cc(C3CC34C(=O)Nc3ccccc34)ccc12. The van der Waals surface area contributed by atoms with Crippen LogP contribution in [0.1, 0.15) is 29.2 Å². The van der Waals surface area contributed by atoms with Gasteiger partial charge in [-0.1, -0.05) is 36.9 Å².